The summed E-state index contributed by atoms with van der Waals surface area (Å²) >= 11 is 2.98. The van der Waals surface area contributed by atoms with E-state index in [1.807, 2.05) is 13.8 Å². The van der Waals surface area contributed by atoms with E-state index in [2.05, 4.69) is 22.2 Å². The molecule has 0 saturated carbocycles. The number of benzene rings is 1. The first-order chi connectivity index (χ1) is 11.8. The van der Waals surface area contributed by atoms with Crippen LogP contribution in [-0.4, -0.2) is 21.6 Å². The van der Waals surface area contributed by atoms with Crippen LogP contribution in [0.3, 0.4) is 0 Å². The van der Waals surface area contributed by atoms with E-state index in [-0.39, 0.29) is 17.3 Å². The van der Waals surface area contributed by atoms with Crippen LogP contribution in [0.2, 0.25) is 0 Å². The summed E-state index contributed by atoms with van der Waals surface area (Å²) < 4.78 is 13.9. The van der Waals surface area contributed by atoms with Crippen molar-refractivity contribution in [2.45, 2.75) is 32.7 Å². The van der Waals surface area contributed by atoms with E-state index in [1.165, 1.54) is 22.7 Å². The Morgan fingerprint density at radius 1 is 1.24 bits per heavy atom. The summed E-state index contributed by atoms with van der Waals surface area (Å²) in [4.78, 5) is 23.3. The van der Waals surface area contributed by atoms with Gasteiger partial charge in [0, 0.05) is 10.3 Å². The van der Waals surface area contributed by atoms with Gasteiger partial charge in [0.1, 0.15) is 21.5 Å². The molecule has 2 heterocycles. The second-order valence-electron chi connectivity index (χ2n) is 5.86. The highest BCUT2D eigenvalue weighted by Crippen LogP contribution is 2.35. The highest BCUT2D eigenvalue weighted by Gasteiger charge is 2.15. The monoisotopic (exact) mass is 375 g/mol. The number of anilines is 1. The minimum Gasteiger partial charge on any atom is -0.323 e. The summed E-state index contributed by atoms with van der Waals surface area (Å²) in [6.45, 7) is 7.74. The van der Waals surface area contributed by atoms with Crippen molar-refractivity contribution in [3.05, 3.63) is 45.8 Å². The van der Waals surface area contributed by atoms with Gasteiger partial charge in [-0.1, -0.05) is 17.8 Å². The van der Waals surface area contributed by atoms with Crippen molar-refractivity contribution in [3.63, 3.8) is 0 Å². The lowest BCUT2D eigenvalue weighted by molar-refractivity contribution is -0.113. The van der Waals surface area contributed by atoms with E-state index in [0.29, 0.717) is 5.82 Å². The average Bonchev–Trinajstić information content (AvgIpc) is 2.82. The van der Waals surface area contributed by atoms with Gasteiger partial charge in [-0.2, -0.15) is 0 Å². The minimum atomic E-state index is -0.428. The van der Waals surface area contributed by atoms with E-state index < -0.39 is 5.82 Å². The fraction of sp³-hybridized carbons (Fsp3) is 0.278. The second kappa shape index (κ2) is 7.09. The number of nitrogens with zero attached hydrogens (tertiary/aromatic N) is 2. The van der Waals surface area contributed by atoms with Crippen molar-refractivity contribution >= 4 is 44.9 Å². The van der Waals surface area contributed by atoms with Crippen molar-refractivity contribution in [2.24, 2.45) is 0 Å². The number of thiophene rings is 1. The van der Waals surface area contributed by atoms with Crippen LogP contribution in [0.4, 0.5) is 10.1 Å². The maximum Gasteiger partial charge on any atom is 0.234 e. The third-order valence-electron chi connectivity index (χ3n) is 3.85. The van der Waals surface area contributed by atoms with Gasteiger partial charge in [-0.3, -0.25) is 4.79 Å². The smallest absolute Gasteiger partial charge is 0.234 e. The van der Waals surface area contributed by atoms with Crippen molar-refractivity contribution in [3.8, 4) is 0 Å². The summed E-state index contributed by atoms with van der Waals surface area (Å²) in [5, 5.41) is 4.42. The lowest BCUT2D eigenvalue weighted by atomic mass is 10.2. The van der Waals surface area contributed by atoms with Gasteiger partial charge in [-0.05, 0) is 51.0 Å². The van der Waals surface area contributed by atoms with Crippen LogP contribution in [0.15, 0.2) is 23.2 Å². The van der Waals surface area contributed by atoms with E-state index in [9.17, 15) is 9.18 Å². The molecule has 2 aromatic heterocycles. The molecule has 130 valence electrons. The van der Waals surface area contributed by atoms with Crippen LogP contribution in [-0.2, 0) is 4.79 Å². The number of rotatable bonds is 4. The number of carbonyl (C=O) groups excluding carboxylic acids is 1. The molecule has 3 rings (SSSR count). The van der Waals surface area contributed by atoms with Crippen LogP contribution < -0.4 is 5.32 Å². The second-order valence-corrected chi connectivity index (χ2v) is 8.03. The first-order valence-electron chi connectivity index (χ1n) is 7.78. The standard InChI is InChI=1S/C18H18FN3OS2/c1-9-5-6-14(13(19)7-9)22-15(23)8-24-17-16-10(2)11(3)25-18(16)21-12(4)20-17/h5-7H,8H2,1-4H3,(H,22,23). The van der Waals surface area contributed by atoms with E-state index in [0.717, 1.165) is 26.4 Å². The number of amides is 1. The first kappa shape index (κ1) is 17.8. The van der Waals surface area contributed by atoms with Crippen molar-refractivity contribution in [1.82, 2.24) is 9.97 Å². The minimum absolute atomic E-state index is 0.160. The molecule has 4 nitrogen and oxygen atoms in total. The summed E-state index contributed by atoms with van der Waals surface area (Å²) in [5.74, 6) is 0.152. The van der Waals surface area contributed by atoms with Crippen LogP contribution >= 0.6 is 23.1 Å². The molecular formula is C18H18FN3OS2. The molecule has 0 atom stereocenters. The Morgan fingerprint density at radius 2 is 2.00 bits per heavy atom. The average molecular weight is 375 g/mol. The highest BCUT2D eigenvalue weighted by atomic mass is 32.2. The fourth-order valence-electron chi connectivity index (χ4n) is 2.46. The van der Waals surface area contributed by atoms with Crippen LogP contribution in [0, 0.1) is 33.5 Å². The molecule has 25 heavy (non-hydrogen) atoms. The normalized spacial score (nSPS) is 11.1. The largest absolute Gasteiger partial charge is 0.323 e. The van der Waals surface area contributed by atoms with Gasteiger partial charge >= 0.3 is 0 Å². The molecule has 0 unspecified atom stereocenters. The summed E-state index contributed by atoms with van der Waals surface area (Å²) in [5.41, 5.74) is 2.15. The zero-order valence-electron chi connectivity index (χ0n) is 14.4. The van der Waals surface area contributed by atoms with Gasteiger partial charge in [0.15, 0.2) is 0 Å². The molecule has 0 aliphatic rings. The lowest BCUT2D eigenvalue weighted by Crippen LogP contribution is -2.15. The number of nitrogens with one attached hydrogen (secondary N) is 1. The Bertz CT molecular complexity index is 969. The van der Waals surface area contributed by atoms with Gasteiger partial charge in [0.05, 0.1) is 11.4 Å². The van der Waals surface area contributed by atoms with Crippen molar-refractivity contribution in [2.75, 3.05) is 11.1 Å². The van der Waals surface area contributed by atoms with Gasteiger partial charge in [0.2, 0.25) is 5.91 Å². The first-order valence-corrected chi connectivity index (χ1v) is 9.58. The predicted molar refractivity (Wildman–Crippen MR) is 102 cm³/mol. The van der Waals surface area contributed by atoms with Gasteiger partial charge in [0.25, 0.3) is 0 Å². The number of carbonyl (C=O) groups is 1. The molecule has 0 bridgehead atoms. The summed E-state index contributed by atoms with van der Waals surface area (Å²) in [7, 11) is 0. The highest BCUT2D eigenvalue weighted by molar-refractivity contribution is 8.00. The number of hydrogen-bond acceptors (Lipinski definition) is 5. The molecule has 1 N–H and O–H groups in total. The quantitative estimate of drug-likeness (QED) is 0.526. The fourth-order valence-corrected chi connectivity index (χ4v) is 4.53. The maximum atomic E-state index is 13.9. The molecule has 0 aliphatic carbocycles. The number of aryl methyl sites for hydroxylation is 4. The van der Waals surface area contributed by atoms with E-state index >= 15 is 0 Å². The summed E-state index contributed by atoms with van der Waals surface area (Å²) in [6, 6.07) is 4.74. The SMILES string of the molecule is Cc1ccc(NC(=O)CSc2nc(C)nc3sc(C)c(C)c23)c(F)c1. The van der Waals surface area contributed by atoms with Crippen LogP contribution in [0.25, 0.3) is 10.2 Å². The zero-order valence-corrected chi connectivity index (χ0v) is 16.1. The number of thioether (sulfide) groups is 1. The zero-order chi connectivity index (χ0) is 18.1. The van der Waals surface area contributed by atoms with Crippen molar-refractivity contribution in [1.29, 1.82) is 0 Å². The molecular weight excluding hydrogens is 357 g/mol. The predicted octanol–water partition coefficient (Wildman–Crippen LogP) is 4.79. The van der Waals surface area contributed by atoms with Crippen molar-refractivity contribution < 1.29 is 9.18 Å². The Kier molecular flexibility index (Phi) is 5.06. The van der Waals surface area contributed by atoms with Gasteiger partial charge < -0.3 is 5.32 Å². The summed E-state index contributed by atoms with van der Waals surface area (Å²) in [6.07, 6.45) is 0. The Morgan fingerprint density at radius 3 is 2.72 bits per heavy atom. The molecule has 1 amide bonds. The Labute approximate surface area is 153 Å². The third-order valence-corrected chi connectivity index (χ3v) is 5.92. The third kappa shape index (κ3) is 3.82. The Hall–Kier alpha value is -1.99. The maximum absolute atomic E-state index is 13.9. The molecule has 0 aliphatic heterocycles. The number of hydrogen-bond donors (Lipinski definition) is 1. The lowest BCUT2D eigenvalue weighted by Gasteiger charge is -2.08. The van der Waals surface area contributed by atoms with Crippen LogP contribution in [0.5, 0.6) is 0 Å². The number of halogens is 1. The van der Waals surface area contributed by atoms with Gasteiger partial charge in [-0.15, -0.1) is 11.3 Å². The van der Waals surface area contributed by atoms with E-state index in [1.54, 1.807) is 30.4 Å². The van der Waals surface area contributed by atoms with Crippen LogP contribution in [0.1, 0.15) is 21.8 Å². The molecule has 1 aromatic carbocycles. The topological polar surface area (TPSA) is 54.9 Å². The molecule has 0 radical (unpaired) electrons. The Balaban J connectivity index is 1.77. The molecule has 3 aromatic rings. The molecule has 0 saturated heterocycles. The molecule has 7 heteroatoms. The molecule has 0 fully saturated rings. The van der Waals surface area contributed by atoms with E-state index in [4.69, 9.17) is 0 Å². The number of aromatic nitrogens is 2. The number of fused-ring (bicyclic) bond motifs is 1. The van der Waals surface area contributed by atoms with Gasteiger partial charge in [-0.25, -0.2) is 14.4 Å². The molecule has 0 spiro atoms.